The van der Waals surface area contributed by atoms with Gasteiger partial charge in [0.2, 0.25) is 5.82 Å². The van der Waals surface area contributed by atoms with Crippen molar-refractivity contribution in [3.63, 3.8) is 0 Å². The van der Waals surface area contributed by atoms with Crippen LogP contribution >= 0.6 is 0 Å². The summed E-state index contributed by atoms with van der Waals surface area (Å²) in [5.41, 5.74) is 1.93. The molecule has 0 aromatic heterocycles. The standard InChI is InChI=1S/C30H31F5O/c1-2-3-4-19-5-7-20(8-6-19)9-10-21-11-13-22(14-12-21)24-15-16-25(31)29(35)30(24)36-23-17-26(32)28(34)27(33)18-23/h11-20H,2-10H2,1H3/t19-,20-. The summed E-state index contributed by atoms with van der Waals surface area (Å²) in [5.74, 6) is -6.46. The Labute approximate surface area is 209 Å². The van der Waals surface area contributed by atoms with E-state index in [1.807, 2.05) is 12.1 Å². The number of ether oxygens (including phenoxy) is 1. The van der Waals surface area contributed by atoms with Gasteiger partial charge in [-0.25, -0.2) is 17.6 Å². The summed E-state index contributed by atoms with van der Waals surface area (Å²) in [7, 11) is 0. The van der Waals surface area contributed by atoms with E-state index >= 15 is 0 Å². The zero-order valence-electron chi connectivity index (χ0n) is 20.4. The second-order valence-corrected chi connectivity index (χ2v) is 9.81. The van der Waals surface area contributed by atoms with E-state index in [1.165, 1.54) is 51.0 Å². The number of benzene rings is 3. The van der Waals surface area contributed by atoms with Crippen LogP contribution in [0.25, 0.3) is 11.1 Å². The van der Waals surface area contributed by atoms with Crippen molar-refractivity contribution >= 4 is 0 Å². The van der Waals surface area contributed by atoms with Crippen LogP contribution in [0, 0.1) is 40.9 Å². The van der Waals surface area contributed by atoms with Gasteiger partial charge < -0.3 is 4.74 Å². The van der Waals surface area contributed by atoms with Crippen LogP contribution in [0.15, 0.2) is 48.5 Å². The van der Waals surface area contributed by atoms with Crippen LogP contribution in [0.5, 0.6) is 11.5 Å². The van der Waals surface area contributed by atoms with E-state index in [1.54, 1.807) is 12.1 Å². The Bertz CT molecular complexity index is 1140. The smallest absolute Gasteiger partial charge is 0.201 e. The molecule has 4 rings (SSSR count). The first kappa shape index (κ1) is 26.2. The molecule has 1 fully saturated rings. The number of halogens is 5. The third-order valence-corrected chi connectivity index (χ3v) is 7.27. The largest absolute Gasteiger partial charge is 0.453 e. The number of hydrogen-bond acceptors (Lipinski definition) is 1. The molecule has 1 aliphatic carbocycles. The fourth-order valence-corrected chi connectivity index (χ4v) is 5.09. The normalized spacial score (nSPS) is 17.8. The van der Waals surface area contributed by atoms with Gasteiger partial charge in [0, 0.05) is 17.7 Å². The summed E-state index contributed by atoms with van der Waals surface area (Å²) in [6.45, 7) is 2.24. The summed E-state index contributed by atoms with van der Waals surface area (Å²) in [6.07, 6.45) is 11.2. The lowest BCUT2D eigenvalue weighted by Gasteiger charge is -2.28. The second-order valence-electron chi connectivity index (χ2n) is 9.81. The molecule has 0 bridgehead atoms. The van der Waals surface area contributed by atoms with Gasteiger partial charge in [-0.3, -0.25) is 0 Å². The first-order valence-corrected chi connectivity index (χ1v) is 12.8. The molecular formula is C30H31F5O. The van der Waals surface area contributed by atoms with Crippen molar-refractivity contribution in [1.29, 1.82) is 0 Å². The molecule has 1 saturated carbocycles. The predicted molar refractivity (Wildman–Crippen MR) is 131 cm³/mol. The third-order valence-electron chi connectivity index (χ3n) is 7.27. The van der Waals surface area contributed by atoms with Crippen molar-refractivity contribution < 1.29 is 26.7 Å². The highest BCUT2D eigenvalue weighted by atomic mass is 19.2. The summed E-state index contributed by atoms with van der Waals surface area (Å²) < 4.78 is 74.4. The molecule has 0 N–H and O–H groups in total. The molecule has 1 nitrogen and oxygen atoms in total. The summed E-state index contributed by atoms with van der Waals surface area (Å²) in [6, 6.07) is 11.0. The quantitative estimate of drug-likeness (QED) is 0.209. The minimum absolute atomic E-state index is 0.219. The van der Waals surface area contributed by atoms with Crippen LogP contribution in [0.4, 0.5) is 22.0 Å². The van der Waals surface area contributed by atoms with Crippen molar-refractivity contribution in [2.24, 2.45) is 11.8 Å². The summed E-state index contributed by atoms with van der Waals surface area (Å²) in [4.78, 5) is 0. The molecule has 0 spiro atoms. The Morgan fingerprint density at radius 2 is 1.33 bits per heavy atom. The van der Waals surface area contributed by atoms with Crippen LogP contribution in [0.2, 0.25) is 0 Å². The molecule has 36 heavy (non-hydrogen) atoms. The highest BCUT2D eigenvalue weighted by Gasteiger charge is 2.22. The number of hydrogen-bond donors (Lipinski definition) is 0. The zero-order valence-corrected chi connectivity index (χ0v) is 20.4. The Morgan fingerprint density at radius 1 is 0.722 bits per heavy atom. The van der Waals surface area contributed by atoms with Gasteiger partial charge >= 0.3 is 0 Å². The van der Waals surface area contributed by atoms with Gasteiger partial charge in [0.15, 0.2) is 29.0 Å². The zero-order chi connectivity index (χ0) is 25.7. The highest BCUT2D eigenvalue weighted by molar-refractivity contribution is 5.71. The fraction of sp³-hybridized carbons (Fsp3) is 0.400. The van der Waals surface area contributed by atoms with E-state index in [0.29, 0.717) is 17.7 Å². The SMILES string of the molecule is CCCC[C@H]1CC[C@H](CCc2ccc(-c3ccc(F)c(F)c3Oc3cc(F)c(F)c(F)c3)cc2)CC1. The average Bonchev–Trinajstić information content (AvgIpc) is 2.88. The van der Waals surface area contributed by atoms with E-state index in [4.69, 9.17) is 4.74 Å². The van der Waals surface area contributed by atoms with Crippen LogP contribution in [-0.2, 0) is 6.42 Å². The number of rotatable bonds is 9. The molecule has 0 unspecified atom stereocenters. The maximum Gasteiger partial charge on any atom is 0.201 e. The van der Waals surface area contributed by atoms with Gasteiger partial charge in [0.1, 0.15) is 5.75 Å². The van der Waals surface area contributed by atoms with E-state index in [9.17, 15) is 22.0 Å². The van der Waals surface area contributed by atoms with Crippen LogP contribution in [-0.4, -0.2) is 0 Å². The predicted octanol–water partition coefficient (Wildman–Crippen LogP) is 9.77. The lowest BCUT2D eigenvalue weighted by atomic mass is 9.78. The molecule has 0 atom stereocenters. The third kappa shape index (κ3) is 6.26. The van der Waals surface area contributed by atoms with E-state index in [-0.39, 0.29) is 5.56 Å². The molecule has 0 radical (unpaired) electrons. The molecule has 0 heterocycles. The van der Waals surface area contributed by atoms with Gasteiger partial charge in [0.25, 0.3) is 0 Å². The molecule has 1 aliphatic rings. The fourth-order valence-electron chi connectivity index (χ4n) is 5.09. The summed E-state index contributed by atoms with van der Waals surface area (Å²) in [5, 5.41) is 0. The Hall–Kier alpha value is -2.89. The minimum Gasteiger partial charge on any atom is -0.453 e. The number of aryl methyl sites for hydroxylation is 1. The topological polar surface area (TPSA) is 9.23 Å². The van der Waals surface area contributed by atoms with Crippen LogP contribution < -0.4 is 4.74 Å². The molecule has 0 saturated heterocycles. The molecule has 6 heteroatoms. The first-order valence-electron chi connectivity index (χ1n) is 12.8. The highest BCUT2D eigenvalue weighted by Crippen LogP contribution is 2.38. The van der Waals surface area contributed by atoms with Crippen molar-refractivity contribution in [1.82, 2.24) is 0 Å². The van der Waals surface area contributed by atoms with Crippen molar-refractivity contribution in [3.05, 3.63) is 83.2 Å². The van der Waals surface area contributed by atoms with Gasteiger partial charge in [0.05, 0.1) is 0 Å². The van der Waals surface area contributed by atoms with E-state index < -0.39 is 40.6 Å². The molecule has 3 aromatic rings. The van der Waals surface area contributed by atoms with Crippen molar-refractivity contribution in [3.8, 4) is 22.6 Å². The summed E-state index contributed by atoms with van der Waals surface area (Å²) >= 11 is 0. The van der Waals surface area contributed by atoms with E-state index in [0.717, 1.165) is 36.3 Å². The maximum atomic E-state index is 14.7. The molecule has 192 valence electrons. The van der Waals surface area contributed by atoms with Gasteiger partial charge in [-0.2, -0.15) is 4.39 Å². The minimum atomic E-state index is -1.66. The lowest BCUT2D eigenvalue weighted by Crippen LogP contribution is -2.15. The first-order chi connectivity index (χ1) is 17.4. The molecule has 3 aromatic carbocycles. The van der Waals surface area contributed by atoms with Crippen LogP contribution in [0.3, 0.4) is 0 Å². The van der Waals surface area contributed by atoms with Crippen LogP contribution in [0.1, 0.15) is 63.9 Å². The Kier molecular flexibility index (Phi) is 8.65. The Balaban J connectivity index is 1.44. The van der Waals surface area contributed by atoms with Gasteiger partial charge in [-0.1, -0.05) is 76.1 Å². The lowest BCUT2D eigenvalue weighted by molar-refractivity contribution is 0.250. The van der Waals surface area contributed by atoms with Crippen molar-refractivity contribution in [2.75, 3.05) is 0 Å². The average molecular weight is 503 g/mol. The van der Waals surface area contributed by atoms with E-state index in [2.05, 4.69) is 6.92 Å². The molecule has 0 amide bonds. The monoisotopic (exact) mass is 502 g/mol. The van der Waals surface area contributed by atoms with Crippen molar-refractivity contribution in [2.45, 2.75) is 64.7 Å². The van der Waals surface area contributed by atoms with Gasteiger partial charge in [-0.15, -0.1) is 0 Å². The second kappa shape index (κ2) is 11.9. The molecule has 0 aliphatic heterocycles. The Morgan fingerprint density at radius 3 is 1.94 bits per heavy atom. The number of unbranched alkanes of at least 4 members (excludes halogenated alkanes) is 1. The molecular weight excluding hydrogens is 471 g/mol. The maximum absolute atomic E-state index is 14.7. The van der Waals surface area contributed by atoms with Gasteiger partial charge in [-0.05, 0) is 47.9 Å².